The molecule has 0 aromatic heterocycles. The second-order valence-corrected chi connectivity index (χ2v) is 6.12. The number of fused-ring (bicyclic) bond motifs is 1. The smallest absolute Gasteiger partial charge is 0.176 e. The van der Waals surface area contributed by atoms with Gasteiger partial charge in [0.05, 0.1) is 6.54 Å². The van der Waals surface area contributed by atoms with E-state index in [1.807, 2.05) is 12.1 Å². The molecular formula is C17H23NO. The summed E-state index contributed by atoms with van der Waals surface area (Å²) in [5.74, 6) is 2.02. The van der Waals surface area contributed by atoms with E-state index >= 15 is 0 Å². The molecule has 1 aromatic carbocycles. The highest BCUT2D eigenvalue weighted by Gasteiger charge is 2.36. The van der Waals surface area contributed by atoms with Crippen molar-refractivity contribution in [2.24, 2.45) is 11.8 Å². The molecule has 0 radical (unpaired) electrons. The largest absolute Gasteiger partial charge is 0.295 e. The predicted molar refractivity (Wildman–Crippen MR) is 77.4 cm³/mol. The van der Waals surface area contributed by atoms with E-state index in [-0.39, 0.29) is 5.78 Å². The Morgan fingerprint density at radius 2 is 1.79 bits per heavy atom. The molecule has 102 valence electrons. The van der Waals surface area contributed by atoms with Gasteiger partial charge >= 0.3 is 0 Å². The van der Waals surface area contributed by atoms with E-state index in [0.29, 0.717) is 6.54 Å². The number of hydrogen-bond acceptors (Lipinski definition) is 2. The Labute approximate surface area is 115 Å². The van der Waals surface area contributed by atoms with Gasteiger partial charge in [0, 0.05) is 18.7 Å². The Hall–Kier alpha value is -1.15. The van der Waals surface area contributed by atoms with Gasteiger partial charge in [0.2, 0.25) is 0 Å². The summed E-state index contributed by atoms with van der Waals surface area (Å²) in [5, 5.41) is 0. The monoisotopic (exact) mass is 257 g/mol. The Morgan fingerprint density at radius 3 is 2.37 bits per heavy atom. The minimum Gasteiger partial charge on any atom is -0.295 e. The van der Waals surface area contributed by atoms with Crippen molar-refractivity contribution in [3.63, 3.8) is 0 Å². The standard InChI is InChI=1S/C17H23NO/c1-2-13-6-8-14(9-7-13)17(19)12-18-10-15-4-3-5-16(15)11-18/h6-9,15-16H,2-5,10-12H2,1H3. The second kappa shape index (κ2) is 5.46. The minimum atomic E-state index is 0.280. The van der Waals surface area contributed by atoms with Crippen LogP contribution in [0.15, 0.2) is 24.3 Å². The Morgan fingerprint density at radius 1 is 1.16 bits per heavy atom. The second-order valence-electron chi connectivity index (χ2n) is 6.12. The molecule has 1 saturated carbocycles. The van der Waals surface area contributed by atoms with Gasteiger partial charge in [0.25, 0.3) is 0 Å². The fraction of sp³-hybridized carbons (Fsp3) is 0.588. The van der Waals surface area contributed by atoms with E-state index in [0.717, 1.165) is 36.9 Å². The number of aryl methyl sites for hydroxylation is 1. The van der Waals surface area contributed by atoms with Gasteiger partial charge in [-0.3, -0.25) is 9.69 Å². The molecule has 2 aliphatic rings. The van der Waals surface area contributed by atoms with Crippen LogP contribution in [0.25, 0.3) is 0 Å². The molecule has 2 fully saturated rings. The maximum absolute atomic E-state index is 12.3. The predicted octanol–water partition coefficient (Wildman–Crippen LogP) is 3.16. The molecule has 2 nitrogen and oxygen atoms in total. The van der Waals surface area contributed by atoms with Gasteiger partial charge < -0.3 is 0 Å². The van der Waals surface area contributed by atoms with E-state index in [4.69, 9.17) is 0 Å². The van der Waals surface area contributed by atoms with Crippen LogP contribution < -0.4 is 0 Å². The van der Waals surface area contributed by atoms with E-state index in [2.05, 4.69) is 24.0 Å². The SMILES string of the molecule is CCc1ccc(C(=O)CN2CC3CCCC3C2)cc1. The quantitative estimate of drug-likeness (QED) is 0.772. The Kier molecular flexibility index (Phi) is 3.69. The van der Waals surface area contributed by atoms with Crippen molar-refractivity contribution in [2.75, 3.05) is 19.6 Å². The maximum Gasteiger partial charge on any atom is 0.176 e. The van der Waals surface area contributed by atoms with E-state index in [9.17, 15) is 4.79 Å². The van der Waals surface area contributed by atoms with Crippen molar-refractivity contribution >= 4 is 5.78 Å². The van der Waals surface area contributed by atoms with Gasteiger partial charge in [-0.05, 0) is 36.7 Å². The molecule has 0 spiro atoms. The van der Waals surface area contributed by atoms with Crippen LogP contribution in [-0.2, 0) is 6.42 Å². The van der Waals surface area contributed by atoms with Crippen LogP contribution in [0.2, 0.25) is 0 Å². The van der Waals surface area contributed by atoms with Gasteiger partial charge in [0.15, 0.2) is 5.78 Å². The minimum absolute atomic E-state index is 0.280. The number of carbonyl (C=O) groups is 1. The number of nitrogens with zero attached hydrogens (tertiary/aromatic N) is 1. The zero-order valence-electron chi connectivity index (χ0n) is 11.8. The average molecular weight is 257 g/mol. The molecule has 19 heavy (non-hydrogen) atoms. The molecule has 0 bridgehead atoms. The van der Waals surface area contributed by atoms with Crippen molar-refractivity contribution in [2.45, 2.75) is 32.6 Å². The zero-order valence-corrected chi connectivity index (χ0v) is 11.8. The number of Topliss-reactive ketones (excluding diaryl/α,β-unsaturated/α-hetero) is 1. The number of ketones is 1. The topological polar surface area (TPSA) is 20.3 Å². The summed E-state index contributed by atoms with van der Waals surface area (Å²) in [6.07, 6.45) is 5.18. The molecule has 1 saturated heterocycles. The lowest BCUT2D eigenvalue weighted by molar-refractivity contribution is 0.0941. The lowest BCUT2D eigenvalue weighted by Gasteiger charge is -2.15. The molecule has 2 heteroatoms. The number of rotatable bonds is 4. The van der Waals surface area contributed by atoms with Gasteiger partial charge in [-0.25, -0.2) is 0 Å². The summed E-state index contributed by atoms with van der Waals surface area (Å²) < 4.78 is 0. The third kappa shape index (κ3) is 2.74. The van der Waals surface area contributed by atoms with Crippen LogP contribution in [0, 0.1) is 11.8 Å². The molecule has 1 aromatic rings. The lowest BCUT2D eigenvalue weighted by atomic mass is 10.0. The zero-order chi connectivity index (χ0) is 13.2. The number of likely N-dealkylation sites (tertiary alicyclic amines) is 1. The first kappa shape index (κ1) is 12.9. The fourth-order valence-corrected chi connectivity index (χ4v) is 3.68. The van der Waals surface area contributed by atoms with Crippen LogP contribution in [0.5, 0.6) is 0 Å². The van der Waals surface area contributed by atoms with Crippen molar-refractivity contribution in [3.8, 4) is 0 Å². The molecule has 0 N–H and O–H groups in total. The first-order valence-electron chi connectivity index (χ1n) is 7.60. The van der Waals surface area contributed by atoms with Crippen LogP contribution in [-0.4, -0.2) is 30.3 Å². The average Bonchev–Trinajstić information content (AvgIpc) is 2.99. The Balaban J connectivity index is 1.59. The summed E-state index contributed by atoms with van der Waals surface area (Å²) in [6, 6.07) is 8.12. The number of carbonyl (C=O) groups excluding carboxylic acids is 1. The van der Waals surface area contributed by atoms with Crippen LogP contribution in [0.1, 0.15) is 42.1 Å². The van der Waals surface area contributed by atoms with Crippen LogP contribution in [0.3, 0.4) is 0 Å². The third-order valence-corrected chi connectivity index (χ3v) is 4.85. The third-order valence-electron chi connectivity index (χ3n) is 4.85. The molecule has 3 rings (SSSR count). The highest BCUT2D eigenvalue weighted by molar-refractivity contribution is 5.97. The molecule has 2 atom stereocenters. The number of hydrogen-bond donors (Lipinski definition) is 0. The molecule has 0 amide bonds. The Bertz CT molecular complexity index is 439. The summed E-state index contributed by atoms with van der Waals surface area (Å²) in [6.45, 7) is 5.03. The first-order valence-corrected chi connectivity index (χ1v) is 7.60. The van der Waals surface area contributed by atoms with Gasteiger partial charge in [0.1, 0.15) is 0 Å². The normalized spacial score (nSPS) is 26.6. The van der Waals surface area contributed by atoms with Gasteiger partial charge in [-0.2, -0.15) is 0 Å². The van der Waals surface area contributed by atoms with Crippen molar-refractivity contribution in [1.29, 1.82) is 0 Å². The van der Waals surface area contributed by atoms with E-state index in [1.54, 1.807) is 0 Å². The summed E-state index contributed by atoms with van der Waals surface area (Å²) in [5.41, 5.74) is 2.17. The molecule has 1 aliphatic heterocycles. The highest BCUT2D eigenvalue weighted by Crippen LogP contribution is 2.37. The van der Waals surface area contributed by atoms with Crippen molar-refractivity contribution in [1.82, 2.24) is 4.90 Å². The van der Waals surface area contributed by atoms with E-state index in [1.165, 1.54) is 24.8 Å². The van der Waals surface area contributed by atoms with Crippen LogP contribution >= 0.6 is 0 Å². The molecule has 1 aliphatic carbocycles. The van der Waals surface area contributed by atoms with Gasteiger partial charge in [-0.15, -0.1) is 0 Å². The van der Waals surface area contributed by atoms with Gasteiger partial charge in [-0.1, -0.05) is 37.6 Å². The summed E-state index contributed by atoms with van der Waals surface area (Å²) in [7, 11) is 0. The summed E-state index contributed by atoms with van der Waals surface area (Å²) in [4.78, 5) is 14.6. The maximum atomic E-state index is 12.3. The lowest BCUT2D eigenvalue weighted by Crippen LogP contribution is -2.28. The van der Waals surface area contributed by atoms with Crippen LogP contribution in [0.4, 0.5) is 0 Å². The fourth-order valence-electron chi connectivity index (χ4n) is 3.68. The van der Waals surface area contributed by atoms with Crippen molar-refractivity contribution < 1.29 is 4.79 Å². The van der Waals surface area contributed by atoms with E-state index < -0.39 is 0 Å². The molecular weight excluding hydrogens is 234 g/mol. The molecule has 1 heterocycles. The highest BCUT2D eigenvalue weighted by atomic mass is 16.1. The van der Waals surface area contributed by atoms with Crippen molar-refractivity contribution in [3.05, 3.63) is 35.4 Å². The number of benzene rings is 1. The summed E-state index contributed by atoms with van der Waals surface area (Å²) >= 11 is 0. The first-order chi connectivity index (χ1) is 9.26. The molecule has 2 unspecified atom stereocenters.